The number of amides is 3. The number of hydrogen-bond donors (Lipinski definition) is 6. The summed E-state index contributed by atoms with van der Waals surface area (Å²) in [4.78, 5) is 77.4. The van der Waals surface area contributed by atoms with Crippen molar-refractivity contribution in [3.8, 4) is 0 Å². The van der Waals surface area contributed by atoms with Gasteiger partial charge in [0.05, 0.1) is 36.6 Å². The maximum Gasteiger partial charge on any atom is 0.416 e. The molecule has 6 N–H and O–H groups in total. The molecule has 0 aromatic rings. The number of aliphatic imine (C=N–C) groups is 1. The minimum atomic E-state index is -1.66. The van der Waals surface area contributed by atoms with Crippen LogP contribution in [0.1, 0.15) is 41.5 Å². The zero-order valence-electron chi connectivity index (χ0n) is 27.2. The van der Waals surface area contributed by atoms with E-state index in [1.54, 1.807) is 41.5 Å². The lowest BCUT2D eigenvalue weighted by atomic mass is 9.92. The number of carbonyl (C=O) groups is 6. The molecule has 1 unspecified atom stereocenters. The molecule has 1 rings (SSSR count). The summed E-state index contributed by atoms with van der Waals surface area (Å²) in [6.07, 6.45) is -7.56. The van der Waals surface area contributed by atoms with Gasteiger partial charge in [0.2, 0.25) is 25.3 Å². The molecular weight excluding hydrogens is 636 g/mol. The zero-order valence-corrected chi connectivity index (χ0v) is 27.2. The molecule has 20 heteroatoms. The molecule has 0 aromatic carbocycles. The Bertz CT molecular complexity index is 1160. The number of rotatable bonds is 11. The van der Waals surface area contributed by atoms with E-state index < -0.39 is 109 Å². The lowest BCUT2D eigenvalue weighted by Crippen LogP contribution is -2.60. The summed E-state index contributed by atoms with van der Waals surface area (Å²) in [6, 6.07) is -3.00. The van der Waals surface area contributed by atoms with Crippen LogP contribution < -0.4 is 16.0 Å². The maximum absolute atomic E-state index is 12.6. The predicted octanol–water partition coefficient (Wildman–Crippen LogP) is -0.283. The number of methoxy groups -OCH3 is 2. The second-order valence-corrected chi connectivity index (χ2v) is 11.7. The van der Waals surface area contributed by atoms with Crippen LogP contribution in [0.25, 0.3) is 0 Å². The van der Waals surface area contributed by atoms with Crippen molar-refractivity contribution in [1.29, 1.82) is 0 Å². The zero-order chi connectivity index (χ0) is 36.1. The quantitative estimate of drug-likeness (QED) is 0.0539. The number of aliphatic hydroxyl groups is 2. The molecule has 0 bridgehead atoms. The number of carbonyl (C=O) groups excluding carboxylic acids is 5. The highest BCUT2D eigenvalue weighted by molar-refractivity contribution is 6.01. The molecule has 3 amide bonds. The van der Waals surface area contributed by atoms with E-state index in [0.717, 1.165) is 20.3 Å². The Hall–Kier alpha value is -4.69. The summed E-state index contributed by atoms with van der Waals surface area (Å²) in [5.74, 6) is -4.57. The van der Waals surface area contributed by atoms with Gasteiger partial charge < -0.3 is 53.8 Å². The van der Waals surface area contributed by atoms with Crippen molar-refractivity contribution in [2.45, 2.75) is 71.9 Å². The van der Waals surface area contributed by atoms with Crippen molar-refractivity contribution < 1.29 is 77.2 Å². The third-order valence-electron chi connectivity index (χ3n) is 5.85. The highest BCUT2D eigenvalue weighted by atomic mass is 16.7. The summed E-state index contributed by atoms with van der Waals surface area (Å²) in [7, 11) is 2.12. The SMILES string of the molecule is COC(=O)N[C@H]1[C@@H](C(OC)[C@H](O)CO)OC(C(=O)O)=C[C@H]1N=C(NC(=O)OCOC(=O)C(C)(C)C)NC(=O)OCOC(=O)C(C)(C)C. The van der Waals surface area contributed by atoms with Crippen LogP contribution in [-0.4, -0.2) is 122 Å². The molecule has 0 fully saturated rings. The molecule has 0 spiro atoms. The fourth-order valence-corrected chi connectivity index (χ4v) is 3.42. The molecule has 1 aliphatic rings. The van der Waals surface area contributed by atoms with Crippen LogP contribution >= 0.6 is 0 Å². The van der Waals surface area contributed by atoms with Gasteiger partial charge in [-0.1, -0.05) is 0 Å². The number of guanidine groups is 1. The summed E-state index contributed by atoms with van der Waals surface area (Å²) in [5, 5.41) is 36.0. The van der Waals surface area contributed by atoms with Gasteiger partial charge in [-0.25, -0.2) is 24.2 Å². The van der Waals surface area contributed by atoms with E-state index in [2.05, 4.69) is 25.7 Å². The number of ether oxygens (including phenoxy) is 7. The molecular formula is C27H42N4O16. The summed E-state index contributed by atoms with van der Waals surface area (Å²) < 4.78 is 34.6. The molecule has 0 radical (unpaired) electrons. The van der Waals surface area contributed by atoms with Gasteiger partial charge in [0.1, 0.15) is 12.2 Å². The van der Waals surface area contributed by atoms with Crippen molar-refractivity contribution >= 4 is 42.1 Å². The minimum Gasteiger partial charge on any atom is -0.478 e. The van der Waals surface area contributed by atoms with Crippen LogP contribution in [0.2, 0.25) is 0 Å². The number of aliphatic hydroxyl groups excluding tert-OH is 2. The Labute approximate surface area is 269 Å². The summed E-state index contributed by atoms with van der Waals surface area (Å²) in [6.45, 7) is 6.76. The number of alkyl carbamates (subject to hydrolysis) is 3. The van der Waals surface area contributed by atoms with E-state index in [-0.39, 0.29) is 0 Å². The molecule has 47 heavy (non-hydrogen) atoms. The molecule has 0 saturated carbocycles. The standard InChI is InChI=1S/C27H42N4O16/c1-26(2,3)20(36)43-11-45-24(39)30-22(31-25(40)46-12-44-21(37)27(4,5)6)28-13-9-15(19(34)35)47-18(16(13)29-23(38)42-8)17(41-7)14(33)10-32/h9,13-14,16-18,32-33H,10-12H2,1-8H3,(H,29,38)(H,34,35)(H2,28,30,31,39,40)/t13-,14-,16-,17?,18+/m1/s1. The number of aliphatic carboxylic acids is 1. The largest absolute Gasteiger partial charge is 0.478 e. The second kappa shape index (κ2) is 17.9. The van der Waals surface area contributed by atoms with Crippen molar-refractivity contribution in [2.75, 3.05) is 34.4 Å². The van der Waals surface area contributed by atoms with Crippen molar-refractivity contribution in [3.05, 3.63) is 11.8 Å². The molecule has 1 aliphatic heterocycles. The van der Waals surface area contributed by atoms with Gasteiger partial charge in [-0.15, -0.1) is 0 Å². The van der Waals surface area contributed by atoms with Gasteiger partial charge in [0, 0.05) is 7.11 Å². The Morgan fingerprint density at radius 2 is 1.36 bits per heavy atom. The van der Waals surface area contributed by atoms with Crippen LogP contribution in [0.5, 0.6) is 0 Å². The molecule has 20 nitrogen and oxygen atoms in total. The van der Waals surface area contributed by atoms with Gasteiger partial charge in [-0.3, -0.25) is 20.2 Å². The first-order chi connectivity index (χ1) is 21.7. The summed E-state index contributed by atoms with van der Waals surface area (Å²) in [5.41, 5.74) is -1.85. The Morgan fingerprint density at radius 3 is 1.74 bits per heavy atom. The van der Waals surface area contributed by atoms with Gasteiger partial charge in [-0.05, 0) is 47.6 Å². The predicted molar refractivity (Wildman–Crippen MR) is 155 cm³/mol. The number of carboxylic acids is 1. The van der Waals surface area contributed by atoms with Crippen LogP contribution in [0, 0.1) is 10.8 Å². The van der Waals surface area contributed by atoms with E-state index in [1.807, 2.05) is 0 Å². The maximum atomic E-state index is 12.6. The number of nitrogens with zero attached hydrogens (tertiary/aromatic N) is 1. The Balaban J connectivity index is 3.50. The van der Waals surface area contributed by atoms with Crippen molar-refractivity contribution in [1.82, 2.24) is 16.0 Å². The topological polar surface area (TPSA) is 276 Å². The number of carboxylic acid groups (broad SMARTS) is 1. The van der Waals surface area contributed by atoms with Crippen molar-refractivity contribution in [2.24, 2.45) is 15.8 Å². The highest BCUT2D eigenvalue weighted by Crippen LogP contribution is 2.26. The van der Waals surface area contributed by atoms with Gasteiger partial charge in [0.15, 0.2) is 6.10 Å². The number of nitrogens with one attached hydrogen (secondary N) is 3. The van der Waals surface area contributed by atoms with Crippen LogP contribution in [-0.2, 0) is 47.5 Å². The van der Waals surface area contributed by atoms with Crippen LogP contribution in [0.15, 0.2) is 16.8 Å². The Kier molecular flexibility index (Phi) is 15.3. The summed E-state index contributed by atoms with van der Waals surface area (Å²) >= 11 is 0. The average molecular weight is 679 g/mol. The van der Waals surface area contributed by atoms with Gasteiger partial charge in [-0.2, -0.15) is 0 Å². The lowest BCUT2D eigenvalue weighted by molar-refractivity contribution is -0.162. The number of hydrogen-bond acceptors (Lipinski definition) is 16. The first-order valence-corrected chi connectivity index (χ1v) is 13.8. The molecule has 0 aromatic heterocycles. The lowest BCUT2D eigenvalue weighted by Gasteiger charge is -2.39. The first-order valence-electron chi connectivity index (χ1n) is 13.8. The van der Waals surface area contributed by atoms with E-state index in [4.69, 9.17) is 28.4 Å². The fraction of sp³-hybridized carbons (Fsp3) is 0.667. The van der Waals surface area contributed by atoms with Crippen molar-refractivity contribution in [3.63, 3.8) is 0 Å². The van der Waals surface area contributed by atoms with Crippen LogP contribution in [0.3, 0.4) is 0 Å². The van der Waals surface area contributed by atoms with E-state index in [0.29, 0.717) is 0 Å². The molecule has 0 saturated heterocycles. The Morgan fingerprint density at radius 1 is 0.872 bits per heavy atom. The monoisotopic (exact) mass is 678 g/mol. The normalized spacial score (nSPS) is 18.9. The average Bonchev–Trinajstić information content (AvgIpc) is 2.97. The molecule has 1 heterocycles. The minimum absolute atomic E-state index is 0.709. The number of esters is 2. The van der Waals surface area contributed by atoms with E-state index in [9.17, 15) is 44.1 Å². The van der Waals surface area contributed by atoms with E-state index >= 15 is 0 Å². The second-order valence-electron chi connectivity index (χ2n) is 11.7. The third-order valence-corrected chi connectivity index (χ3v) is 5.85. The molecule has 0 aliphatic carbocycles. The fourth-order valence-electron chi connectivity index (χ4n) is 3.42. The smallest absolute Gasteiger partial charge is 0.416 e. The first kappa shape index (κ1) is 40.3. The highest BCUT2D eigenvalue weighted by Gasteiger charge is 2.45. The van der Waals surface area contributed by atoms with Gasteiger partial charge >= 0.3 is 36.2 Å². The molecule has 266 valence electrons. The van der Waals surface area contributed by atoms with E-state index in [1.165, 1.54) is 0 Å². The van der Waals surface area contributed by atoms with Crippen LogP contribution in [0.4, 0.5) is 14.4 Å². The third kappa shape index (κ3) is 13.3. The van der Waals surface area contributed by atoms with Gasteiger partial charge in [0.25, 0.3) is 0 Å². The molecule has 5 atom stereocenters.